The predicted octanol–water partition coefficient (Wildman–Crippen LogP) is 0.855. The minimum atomic E-state index is -3.04. The lowest BCUT2D eigenvalue weighted by atomic mass is 10.1. The second kappa shape index (κ2) is 8.78. The van der Waals surface area contributed by atoms with Crippen LogP contribution in [-0.2, 0) is 19.4 Å². The Morgan fingerprint density at radius 2 is 1.92 bits per heavy atom. The van der Waals surface area contributed by atoms with Gasteiger partial charge >= 0.3 is 0 Å². The van der Waals surface area contributed by atoms with Crippen LogP contribution in [0, 0.1) is 0 Å². The summed E-state index contributed by atoms with van der Waals surface area (Å²) in [7, 11) is -3.04. The summed E-state index contributed by atoms with van der Waals surface area (Å²) >= 11 is 0. The Morgan fingerprint density at radius 3 is 2.42 bits per heavy atom. The molecule has 0 aromatic heterocycles. The molecule has 2 heterocycles. The van der Waals surface area contributed by atoms with Gasteiger partial charge in [0.1, 0.15) is 0 Å². The van der Waals surface area contributed by atoms with Crippen molar-refractivity contribution in [1.82, 2.24) is 9.80 Å². The molecule has 136 valence electrons. The van der Waals surface area contributed by atoms with Crippen LogP contribution in [0.3, 0.4) is 0 Å². The van der Waals surface area contributed by atoms with Crippen LogP contribution in [0.2, 0.25) is 0 Å². The zero-order valence-corrected chi connectivity index (χ0v) is 15.0. The Morgan fingerprint density at radius 1 is 1.21 bits per heavy atom. The van der Waals surface area contributed by atoms with Crippen molar-refractivity contribution >= 4 is 15.7 Å². The third kappa shape index (κ3) is 5.43. The number of hydrogen-bond acceptors (Lipinski definition) is 5. The molecule has 2 aliphatic rings. The molecule has 2 atom stereocenters. The van der Waals surface area contributed by atoms with E-state index < -0.39 is 9.84 Å². The van der Waals surface area contributed by atoms with Crippen molar-refractivity contribution in [3.8, 4) is 0 Å². The van der Waals surface area contributed by atoms with Gasteiger partial charge < -0.3 is 9.64 Å². The molecule has 2 unspecified atom stereocenters. The maximum absolute atomic E-state index is 12.9. The van der Waals surface area contributed by atoms with E-state index in [-0.39, 0.29) is 36.1 Å². The minimum absolute atomic E-state index is 0.0181. The second-order valence-corrected chi connectivity index (χ2v) is 8.74. The van der Waals surface area contributed by atoms with Crippen molar-refractivity contribution in [3.05, 3.63) is 25.3 Å². The lowest BCUT2D eigenvalue weighted by Gasteiger charge is -2.32. The number of carbonyl (C=O) groups is 1. The molecule has 1 amide bonds. The zero-order chi connectivity index (χ0) is 17.6. The van der Waals surface area contributed by atoms with Gasteiger partial charge in [-0.05, 0) is 19.3 Å². The zero-order valence-electron chi connectivity index (χ0n) is 14.2. The van der Waals surface area contributed by atoms with E-state index in [0.717, 1.165) is 12.8 Å². The Hall–Kier alpha value is -1.18. The van der Waals surface area contributed by atoms with Crippen LogP contribution < -0.4 is 0 Å². The molecule has 0 spiro atoms. The normalized spacial score (nSPS) is 25.7. The highest BCUT2D eigenvalue weighted by Gasteiger charge is 2.36. The fraction of sp³-hybridized carbons (Fsp3) is 0.706. The lowest BCUT2D eigenvalue weighted by molar-refractivity contribution is -0.135. The summed E-state index contributed by atoms with van der Waals surface area (Å²) in [6.07, 6.45) is 5.96. The van der Waals surface area contributed by atoms with E-state index in [4.69, 9.17) is 4.74 Å². The van der Waals surface area contributed by atoms with Crippen LogP contribution in [0.25, 0.3) is 0 Å². The van der Waals surface area contributed by atoms with E-state index in [9.17, 15) is 13.2 Å². The van der Waals surface area contributed by atoms with Gasteiger partial charge in [-0.1, -0.05) is 12.2 Å². The smallest absolute Gasteiger partial charge is 0.237 e. The number of carbonyl (C=O) groups excluding carboxylic acids is 1. The summed E-state index contributed by atoms with van der Waals surface area (Å²) in [5.74, 6) is 0.181. The van der Waals surface area contributed by atoms with E-state index in [1.807, 2.05) is 4.90 Å². The summed E-state index contributed by atoms with van der Waals surface area (Å²) < 4.78 is 29.3. The molecule has 0 bridgehead atoms. The average Bonchev–Trinajstić information content (AvgIpc) is 3.14. The first kappa shape index (κ1) is 19.1. The van der Waals surface area contributed by atoms with Gasteiger partial charge in [0.25, 0.3) is 0 Å². The maximum Gasteiger partial charge on any atom is 0.237 e. The van der Waals surface area contributed by atoms with Crippen molar-refractivity contribution in [1.29, 1.82) is 0 Å². The summed E-state index contributed by atoms with van der Waals surface area (Å²) in [6.45, 7) is 10.0. The number of ether oxygens (including phenoxy) is 1. The van der Waals surface area contributed by atoms with Crippen LogP contribution in [0.15, 0.2) is 25.3 Å². The molecule has 0 aliphatic carbocycles. The van der Waals surface area contributed by atoms with Crippen molar-refractivity contribution in [3.63, 3.8) is 0 Å². The van der Waals surface area contributed by atoms with E-state index in [1.165, 1.54) is 0 Å². The summed E-state index contributed by atoms with van der Waals surface area (Å²) in [5, 5.41) is 0. The molecule has 0 aromatic rings. The lowest BCUT2D eigenvalue weighted by Crippen LogP contribution is -2.49. The molecule has 2 saturated heterocycles. The van der Waals surface area contributed by atoms with Gasteiger partial charge in [0.2, 0.25) is 5.91 Å². The fourth-order valence-electron chi connectivity index (χ4n) is 3.33. The fourth-order valence-corrected chi connectivity index (χ4v) is 5.07. The van der Waals surface area contributed by atoms with Crippen LogP contribution in [0.1, 0.15) is 19.3 Å². The molecule has 2 fully saturated rings. The highest BCUT2D eigenvalue weighted by atomic mass is 32.2. The summed E-state index contributed by atoms with van der Waals surface area (Å²) in [6, 6.07) is -0.235. The Labute approximate surface area is 145 Å². The highest BCUT2D eigenvalue weighted by Crippen LogP contribution is 2.21. The van der Waals surface area contributed by atoms with Gasteiger partial charge in [-0.3, -0.25) is 9.69 Å². The standard InChI is InChI=1S/C17H28N2O4S/c1-3-8-18(9-4-2)13-17(20)19(12-16-6-5-10-23-16)15-7-11-24(21,22)14-15/h3-4,15-16H,1-2,5-14H2. The topological polar surface area (TPSA) is 66.9 Å². The quantitative estimate of drug-likeness (QED) is 0.573. The molecule has 0 N–H and O–H groups in total. The predicted molar refractivity (Wildman–Crippen MR) is 94.6 cm³/mol. The van der Waals surface area contributed by atoms with Gasteiger partial charge in [0, 0.05) is 32.3 Å². The number of amides is 1. The first-order valence-corrected chi connectivity index (χ1v) is 10.3. The van der Waals surface area contributed by atoms with Crippen LogP contribution in [0.4, 0.5) is 0 Å². The molecule has 6 nitrogen and oxygen atoms in total. The van der Waals surface area contributed by atoms with Crippen LogP contribution in [0.5, 0.6) is 0 Å². The monoisotopic (exact) mass is 356 g/mol. The van der Waals surface area contributed by atoms with Gasteiger partial charge in [-0.2, -0.15) is 0 Å². The minimum Gasteiger partial charge on any atom is -0.376 e. The molecule has 2 aliphatic heterocycles. The molecule has 0 aromatic carbocycles. The van der Waals surface area contributed by atoms with Crippen LogP contribution >= 0.6 is 0 Å². The van der Waals surface area contributed by atoms with Crippen molar-refractivity contribution in [2.24, 2.45) is 0 Å². The number of hydrogen-bond donors (Lipinski definition) is 0. The van der Waals surface area contributed by atoms with Gasteiger partial charge in [0.15, 0.2) is 9.84 Å². The van der Waals surface area contributed by atoms with Crippen molar-refractivity contribution in [2.75, 3.05) is 44.3 Å². The SMILES string of the molecule is C=CCN(CC=C)CC(=O)N(CC1CCCO1)C1CCS(=O)(=O)C1. The molecular formula is C17H28N2O4S. The number of sulfone groups is 1. The molecule has 2 rings (SSSR count). The van der Waals surface area contributed by atoms with Gasteiger partial charge in [-0.25, -0.2) is 8.42 Å². The second-order valence-electron chi connectivity index (χ2n) is 6.51. The molecule has 7 heteroatoms. The Kier molecular flexibility index (Phi) is 7.01. The highest BCUT2D eigenvalue weighted by molar-refractivity contribution is 7.91. The van der Waals surface area contributed by atoms with E-state index in [1.54, 1.807) is 17.1 Å². The first-order chi connectivity index (χ1) is 11.4. The molecule has 24 heavy (non-hydrogen) atoms. The van der Waals surface area contributed by atoms with E-state index >= 15 is 0 Å². The third-order valence-corrected chi connectivity index (χ3v) is 6.28. The van der Waals surface area contributed by atoms with E-state index in [0.29, 0.717) is 32.7 Å². The van der Waals surface area contributed by atoms with Crippen molar-refractivity contribution in [2.45, 2.75) is 31.4 Å². The van der Waals surface area contributed by atoms with Gasteiger partial charge in [-0.15, -0.1) is 13.2 Å². The van der Waals surface area contributed by atoms with E-state index in [2.05, 4.69) is 13.2 Å². The Bertz CT molecular complexity index is 545. The average molecular weight is 356 g/mol. The first-order valence-electron chi connectivity index (χ1n) is 8.51. The van der Waals surface area contributed by atoms with Gasteiger partial charge in [0.05, 0.1) is 24.2 Å². The number of rotatable bonds is 9. The largest absolute Gasteiger partial charge is 0.376 e. The third-order valence-electron chi connectivity index (χ3n) is 4.53. The summed E-state index contributed by atoms with van der Waals surface area (Å²) in [5.41, 5.74) is 0. The summed E-state index contributed by atoms with van der Waals surface area (Å²) in [4.78, 5) is 16.5. The Balaban J connectivity index is 2.06. The van der Waals surface area contributed by atoms with Crippen LogP contribution in [-0.4, -0.2) is 80.6 Å². The maximum atomic E-state index is 12.9. The molecular weight excluding hydrogens is 328 g/mol. The molecule has 0 radical (unpaired) electrons. The molecule has 0 saturated carbocycles. The number of nitrogens with zero attached hydrogens (tertiary/aromatic N) is 2. The van der Waals surface area contributed by atoms with Crippen molar-refractivity contribution < 1.29 is 17.9 Å².